The van der Waals surface area contributed by atoms with Gasteiger partial charge >= 0.3 is 11.9 Å². The Bertz CT molecular complexity index is 1160. The summed E-state index contributed by atoms with van der Waals surface area (Å²) < 4.78 is 41.7. The number of halogens is 4. The summed E-state index contributed by atoms with van der Waals surface area (Å²) >= 11 is 5.84. The van der Waals surface area contributed by atoms with Gasteiger partial charge in [0.05, 0.1) is 13.1 Å². The first-order valence-corrected chi connectivity index (χ1v) is 9.10. The van der Waals surface area contributed by atoms with Crippen molar-refractivity contribution < 1.29 is 18.3 Å². The maximum atomic E-state index is 13.0. The number of benzene rings is 1. The summed E-state index contributed by atoms with van der Waals surface area (Å²) in [6.45, 7) is 0.528. The summed E-state index contributed by atoms with van der Waals surface area (Å²) in [6.07, 6.45) is -7.31. The number of rotatable bonds is 5. The molecule has 0 saturated carbocycles. The molecule has 29 heavy (non-hydrogen) atoms. The lowest BCUT2D eigenvalue weighted by Crippen LogP contribution is -2.44. The Balaban J connectivity index is 2.26. The maximum Gasteiger partial charge on any atom is 0.416 e. The van der Waals surface area contributed by atoms with E-state index >= 15 is 0 Å². The number of imidazole rings is 1. The van der Waals surface area contributed by atoms with E-state index in [4.69, 9.17) is 11.6 Å². The van der Waals surface area contributed by atoms with Gasteiger partial charge in [-0.3, -0.25) is 13.9 Å². The summed E-state index contributed by atoms with van der Waals surface area (Å²) in [6, 6.07) is 6.36. The molecule has 0 bridgehead atoms. The van der Waals surface area contributed by atoms with E-state index in [1.165, 1.54) is 4.57 Å². The Hall–Kier alpha value is -2.59. The highest BCUT2D eigenvalue weighted by Crippen LogP contribution is 2.22. The minimum atomic E-state index is -4.93. The molecule has 1 unspecified atom stereocenters. The largest absolute Gasteiger partial charge is 0.416 e. The van der Waals surface area contributed by atoms with Crippen LogP contribution in [0.15, 0.2) is 33.9 Å². The number of hydrogen-bond acceptors (Lipinski definition) is 4. The molecule has 0 aliphatic carbocycles. The Morgan fingerprint density at radius 1 is 1.17 bits per heavy atom. The van der Waals surface area contributed by atoms with Crippen LogP contribution in [0.25, 0.3) is 11.2 Å². The lowest BCUT2D eigenvalue weighted by atomic mass is 10.2. The lowest BCUT2D eigenvalue weighted by molar-refractivity contribution is -0.207. The maximum absolute atomic E-state index is 13.0. The number of fused-ring (bicyclic) bond motifs is 1. The van der Waals surface area contributed by atoms with E-state index in [9.17, 15) is 27.9 Å². The molecule has 2 heterocycles. The molecule has 0 amide bonds. The number of aromatic nitrogens is 4. The zero-order valence-electron chi connectivity index (χ0n) is 15.6. The van der Waals surface area contributed by atoms with E-state index in [1.54, 1.807) is 38.2 Å². The van der Waals surface area contributed by atoms with Crippen molar-refractivity contribution in [1.82, 2.24) is 18.7 Å². The SMILES string of the molecule is CCc1nc2c(c(=O)n(Cc3ccc(Cl)cc3)c(=O)n2CC(O)C(F)(F)F)n1C. The minimum Gasteiger partial charge on any atom is -0.382 e. The fraction of sp³-hybridized carbons (Fsp3) is 0.389. The van der Waals surface area contributed by atoms with Crippen LogP contribution >= 0.6 is 11.6 Å². The van der Waals surface area contributed by atoms with Gasteiger partial charge in [0.15, 0.2) is 17.3 Å². The van der Waals surface area contributed by atoms with E-state index in [1.807, 2.05) is 0 Å². The Kier molecular flexibility index (Phi) is 5.59. The van der Waals surface area contributed by atoms with Crippen LogP contribution in [-0.4, -0.2) is 36.1 Å². The molecule has 0 aliphatic rings. The van der Waals surface area contributed by atoms with Crippen molar-refractivity contribution in [3.63, 3.8) is 0 Å². The third-order valence-corrected chi connectivity index (χ3v) is 4.89. The Morgan fingerprint density at radius 2 is 1.79 bits per heavy atom. The van der Waals surface area contributed by atoms with Gasteiger partial charge in [0, 0.05) is 18.5 Å². The fourth-order valence-electron chi connectivity index (χ4n) is 3.08. The van der Waals surface area contributed by atoms with Gasteiger partial charge in [-0.2, -0.15) is 13.2 Å². The van der Waals surface area contributed by atoms with Crippen molar-refractivity contribution in [1.29, 1.82) is 0 Å². The van der Waals surface area contributed by atoms with Crippen LogP contribution < -0.4 is 11.2 Å². The molecular formula is C18H18ClF3N4O3. The number of aryl methyl sites for hydroxylation is 2. The van der Waals surface area contributed by atoms with E-state index in [0.29, 0.717) is 27.4 Å². The van der Waals surface area contributed by atoms with Gasteiger partial charge in [0.25, 0.3) is 5.56 Å². The Morgan fingerprint density at radius 3 is 2.34 bits per heavy atom. The number of aliphatic hydroxyl groups is 1. The molecule has 2 aromatic heterocycles. The van der Waals surface area contributed by atoms with Gasteiger partial charge in [-0.15, -0.1) is 0 Å². The van der Waals surface area contributed by atoms with Crippen LogP contribution in [0.2, 0.25) is 5.02 Å². The number of nitrogens with zero attached hydrogens (tertiary/aromatic N) is 4. The molecular weight excluding hydrogens is 413 g/mol. The van der Waals surface area contributed by atoms with Crippen LogP contribution in [0.3, 0.4) is 0 Å². The zero-order chi connectivity index (χ0) is 21.5. The number of aliphatic hydroxyl groups excluding tert-OH is 1. The topological polar surface area (TPSA) is 82.1 Å². The molecule has 0 saturated heterocycles. The first kappa shape index (κ1) is 21.1. The van der Waals surface area contributed by atoms with Crippen molar-refractivity contribution in [2.24, 2.45) is 7.05 Å². The normalized spacial score (nSPS) is 13.2. The molecule has 3 rings (SSSR count). The zero-order valence-corrected chi connectivity index (χ0v) is 16.3. The van der Waals surface area contributed by atoms with E-state index in [2.05, 4.69) is 4.98 Å². The summed E-state index contributed by atoms with van der Waals surface area (Å²) in [5.74, 6) is 0.427. The highest BCUT2D eigenvalue weighted by Gasteiger charge is 2.39. The van der Waals surface area contributed by atoms with Gasteiger partial charge in [-0.1, -0.05) is 30.7 Å². The Labute approximate surface area is 167 Å². The van der Waals surface area contributed by atoms with Gasteiger partial charge in [0.1, 0.15) is 5.82 Å². The van der Waals surface area contributed by atoms with Gasteiger partial charge in [-0.25, -0.2) is 9.78 Å². The van der Waals surface area contributed by atoms with Crippen molar-refractivity contribution >= 4 is 22.8 Å². The number of hydrogen-bond donors (Lipinski definition) is 1. The number of alkyl halides is 3. The van der Waals surface area contributed by atoms with Crippen LogP contribution in [0.5, 0.6) is 0 Å². The van der Waals surface area contributed by atoms with Gasteiger partial charge in [-0.05, 0) is 17.7 Å². The van der Waals surface area contributed by atoms with Crippen molar-refractivity contribution in [3.8, 4) is 0 Å². The highest BCUT2D eigenvalue weighted by molar-refractivity contribution is 6.30. The molecule has 156 valence electrons. The van der Waals surface area contributed by atoms with Crippen LogP contribution in [0, 0.1) is 0 Å². The summed E-state index contributed by atoms with van der Waals surface area (Å²) in [5.41, 5.74) is -1.29. The lowest BCUT2D eigenvalue weighted by Gasteiger charge is -2.17. The molecule has 11 heteroatoms. The molecule has 1 aromatic carbocycles. The molecule has 3 aromatic rings. The average molecular weight is 431 g/mol. The fourth-order valence-corrected chi connectivity index (χ4v) is 3.20. The van der Waals surface area contributed by atoms with Crippen molar-refractivity contribution in [2.45, 2.75) is 38.7 Å². The highest BCUT2D eigenvalue weighted by atomic mass is 35.5. The summed E-state index contributed by atoms with van der Waals surface area (Å²) in [4.78, 5) is 30.1. The van der Waals surface area contributed by atoms with E-state index in [-0.39, 0.29) is 17.7 Å². The summed E-state index contributed by atoms with van der Waals surface area (Å²) in [7, 11) is 1.55. The van der Waals surface area contributed by atoms with Crippen molar-refractivity contribution in [3.05, 3.63) is 61.5 Å². The van der Waals surface area contributed by atoms with Crippen LogP contribution in [0.4, 0.5) is 13.2 Å². The molecule has 1 N–H and O–H groups in total. The van der Waals surface area contributed by atoms with Gasteiger partial charge in [0.2, 0.25) is 0 Å². The third kappa shape index (κ3) is 3.95. The summed E-state index contributed by atoms with van der Waals surface area (Å²) in [5, 5.41) is 9.98. The molecule has 0 radical (unpaired) electrons. The smallest absolute Gasteiger partial charge is 0.382 e. The van der Waals surface area contributed by atoms with Crippen LogP contribution in [0.1, 0.15) is 18.3 Å². The predicted octanol–water partition coefficient (Wildman–Crippen LogP) is 2.08. The molecule has 1 atom stereocenters. The second-order valence-corrected chi connectivity index (χ2v) is 7.02. The second-order valence-electron chi connectivity index (χ2n) is 6.58. The standard InChI is InChI=1S/C18H18ClF3N4O3/c1-3-13-23-15-14(24(13)2)16(28)26(8-10-4-6-11(19)7-5-10)17(29)25(15)9-12(27)18(20,21)22/h4-7,12,27H,3,8-9H2,1-2H3. The monoisotopic (exact) mass is 430 g/mol. The predicted molar refractivity (Wildman–Crippen MR) is 101 cm³/mol. The first-order valence-electron chi connectivity index (χ1n) is 8.72. The van der Waals surface area contributed by atoms with E-state index < -0.39 is 30.1 Å². The molecule has 7 nitrogen and oxygen atoms in total. The van der Waals surface area contributed by atoms with E-state index in [0.717, 1.165) is 4.57 Å². The third-order valence-electron chi connectivity index (χ3n) is 4.64. The van der Waals surface area contributed by atoms with Crippen molar-refractivity contribution in [2.75, 3.05) is 0 Å². The average Bonchev–Trinajstić information content (AvgIpc) is 2.99. The molecule has 0 fully saturated rings. The van der Waals surface area contributed by atoms with Crippen LogP contribution in [-0.2, 0) is 26.6 Å². The van der Waals surface area contributed by atoms with Gasteiger partial charge < -0.3 is 9.67 Å². The first-order chi connectivity index (χ1) is 13.5. The molecule has 0 spiro atoms. The minimum absolute atomic E-state index is 0.00946. The molecule has 0 aliphatic heterocycles. The second kappa shape index (κ2) is 7.68. The quantitative estimate of drug-likeness (QED) is 0.672.